The molecule has 0 aliphatic heterocycles. The van der Waals surface area contributed by atoms with Gasteiger partial charge < -0.3 is 14.9 Å². The summed E-state index contributed by atoms with van der Waals surface area (Å²) in [6, 6.07) is 12.9. The molecule has 0 saturated carbocycles. The van der Waals surface area contributed by atoms with Crippen molar-refractivity contribution in [2.45, 2.75) is 13.5 Å². The van der Waals surface area contributed by atoms with Gasteiger partial charge in [-0.2, -0.15) is 0 Å². The van der Waals surface area contributed by atoms with Crippen LogP contribution in [0.3, 0.4) is 0 Å². The highest BCUT2D eigenvalue weighted by Gasteiger charge is 2.21. The molecule has 0 atom stereocenters. The summed E-state index contributed by atoms with van der Waals surface area (Å²) >= 11 is 0. The molecule has 114 valence electrons. The number of rotatable bonds is 5. The van der Waals surface area contributed by atoms with E-state index in [1.165, 1.54) is 17.0 Å². The third-order valence-corrected chi connectivity index (χ3v) is 3.40. The molecule has 0 aliphatic carbocycles. The minimum Gasteiger partial charge on any atom is -0.423 e. The number of carbonyl (C=O) groups excluding carboxylic acids is 1. The van der Waals surface area contributed by atoms with Crippen LogP contribution in [0, 0.1) is 5.82 Å². The Balaban J connectivity index is 2.26. The van der Waals surface area contributed by atoms with Crippen LogP contribution in [0.1, 0.15) is 22.8 Å². The molecule has 2 aromatic rings. The molecule has 4 nitrogen and oxygen atoms in total. The van der Waals surface area contributed by atoms with Crippen LogP contribution in [0.2, 0.25) is 0 Å². The average Bonchev–Trinajstić information content (AvgIpc) is 2.53. The zero-order valence-corrected chi connectivity index (χ0v) is 12.2. The lowest BCUT2D eigenvalue weighted by molar-refractivity contribution is 0.0748. The fourth-order valence-corrected chi connectivity index (χ4v) is 2.17. The Kier molecular flexibility index (Phi) is 5.30. The highest BCUT2D eigenvalue weighted by molar-refractivity contribution is 6.58. The molecule has 0 heterocycles. The molecule has 2 aromatic carbocycles. The summed E-state index contributed by atoms with van der Waals surface area (Å²) in [6.45, 7) is 2.59. The van der Waals surface area contributed by atoms with Gasteiger partial charge in [-0.15, -0.1) is 0 Å². The van der Waals surface area contributed by atoms with Crippen LogP contribution in [0.4, 0.5) is 4.39 Å². The molecule has 0 fully saturated rings. The maximum absolute atomic E-state index is 13.9. The van der Waals surface area contributed by atoms with Gasteiger partial charge in [-0.3, -0.25) is 4.79 Å². The first kappa shape index (κ1) is 16.2. The van der Waals surface area contributed by atoms with E-state index in [1.807, 2.05) is 37.3 Å². The first-order valence-corrected chi connectivity index (χ1v) is 7.01. The Hall–Kier alpha value is -2.18. The van der Waals surface area contributed by atoms with Gasteiger partial charge in [0, 0.05) is 13.1 Å². The Bertz CT molecular complexity index is 649. The van der Waals surface area contributed by atoms with Gasteiger partial charge in [-0.05, 0) is 30.1 Å². The minimum atomic E-state index is -1.74. The summed E-state index contributed by atoms with van der Waals surface area (Å²) in [5.74, 6) is -1.16. The van der Waals surface area contributed by atoms with Gasteiger partial charge in [-0.1, -0.05) is 36.4 Å². The normalized spacial score (nSPS) is 10.4. The van der Waals surface area contributed by atoms with Crippen LogP contribution >= 0.6 is 0 Å². The van der Waals surface area contributed by atoms with Crippen molar-refractivity contribution in [3.05, 3.63) is 65.5 Å². The maximum Gasteiger partial charge on any atom is 0.488 e. The lowest BCUT2D eigenvalue weighted by atomic mass is 9.79. The standard InChI is InChI=1S/C16H17BFNO3/c1-2-19(11-12-6-4-3-5-7-12)16(20)14-10-13(17(21)22)8-9-15(14)18/h3-10,21-22H,2,11H2,1H3. The first-order valence-electron chi connectivity index (χ1n) is 7.01. The van der Waals surface area contributed by atoms with Crippen molar-refractivity contribution in [2.24, 2.45) is 0 Å². The van der Waals surface area contributed by atoms with E-state index in [9.17, 15) is 9.18 Å². The molecule has 0 bridgehead atoms. The average molecular weight is 301 g/mol. The molecule has 2 N–H and O–H groups in total. The summed E-state index contributed by atoms with van der Waals surface area (Å²) < 4.78 is 13.9. The predicted octanol–water partition coefficient (Wildman–Crippen LogP) is 1.17. The lowest BCUT2D eigenvalue weighted by Crippen LogP contribution is -2.34. The van der Waals surface area contributed by atoms with Crippen molar-refractivity contribution in [3.8, 4) is 0 Å². The van der Waals surface area contributed by atoms with Crippen LogP contribution < -0.4 is 5.46 Å². The summed E-state index contributed by atoms with van der Waals surface area (Å²) in [6.07, 6.45) is 0. The van der Waals surface area contributed by atoms with Crippen LogP contribution in [0.5, 0.6) is 0 Å². The third kappa shape index (κ3) is 3.72. The molecule has 0 unspecified atom stereocenters. The van der Waals surface area contributed by atoms with Gasteiger partial charge in [-0.25, -0.2) is 4.39 Å². The Morgan fingerprint density at radius 2 is 1.86 bits per heavy atom. The molecular formula is C16H17BFNO3. The van der Waals surface area contributed by atoms with Crippen LogP contribution in [0.25, 0.3) is 0 Å². The number of nitrogens with zero attached hydrogens (tertiary/aromatic N) is 1. The third-order valence-electron chi connectivity index (χ3n) is 3.40. The van der Waals surface area contributed by atoms with E-state index in [2.05, 4.69) is 0 Å². The summed E-state index contributed by atoms with van der Waals surface area (Å²) in [5, 5.41) is 18.3. The van der Waals surface area contributed by atoms with Gasteiger partial charge in [0.25, 0.3) is 5.91 Å². The molecular weight excluding hydrogens is 284 g/mol. The zero-order chi connectivity index (χ0) is 16.1. The van der Waals surface area contributed by atoms with Gasteiger partial charge >= 0.3 is 7.12 Å². The zero-order valence-electron chi connectivity index (χ0n) is 12.2. The lowest BCUT2D eigenvalue weighted by Gasteiger charge is -2.21. The number of benzene rings is 2. The van der Waals surface area contributed by atoms with Crippen molar-refractivity contribution >= 4 is 18.5 Å². The van der Waals surface area contributed by atoms with Gasteiger partial charge in [0.15, 0.2) is 0 Å². The number of carbonyl (C=O) groups is 1. The quantitative estimate of drug-likeness (QED) is 0.815. The summed E-state index contributed by atoms with van der Waals surface area (Å²) in [4.78, 5) is 14.0. The van der Waals surface area contributed by atoms with Crippen molar-refractivity contribution in [2.75, 3.05) is 6.54 Å². The van der Waals surface area contributed by atoms with Crippen molar-refractivity contribution in [1.29, 1.82) is 0 Å². The Morgan fingerprint density at radius 3 is 2.45 bits per heavy atom. The predicted molar refractivity (Wildman–Crippen MR) is 83.1 cm³/mol. The van der Waals surface area contributed by atoms with Gasteiger partial charge in [0.05, 0.1) is 5.56 Å². The molecule has 2 rings (SSSR count). The van der Waals surface area contributed by atoms with E-state index in [-0.39, 0.29) is 11.0 Å². The number of hydrogen-bond acceptors (Lipinski definition) is 3. The second kappa shape index (κ2) is 7.20. The molecule has 1 amide bonds. The Labute approximate surface area is 129 Å². The minimum absolute atomic E-state index is 0.0838. The smallest absolute Gasteiger partial charge is 0.423 e. The van der Waals surface area contributed by atoms with E-state index in [4.69, 9.17) is 10.0 Å². The number of hydrogen-bond donors (Lipinski definition) is 2. The van der Waals surface area contributed by atoms with Crippen LogP contribution in [-0.4, -0.2) is 34.5 Å². The molecule has 0 spiro atoms. The summed E-state index contributed by atoms with van der Waals surface area (Å²) in [7, 11) is -1.74. The highest BCUT2D eigenvalue weighted by Crippen LogP contribution is 2.12. The summed E-state index contributed by atoms with van der Waals surface area (Å²) in [5.41, 5.74) is 0.861. The number of amides is 1. The van der Waals surface area contributed by atoms with Crippen LogP contribution in [0.15, 0.2) is 48.5 Å². The molecule has 0 saturated heterocycles. The van der Waals surface area contributed by atoms with E-state index in [0.717, 1.165) is 11.6 Å². The van der Waals surface area contributed by atoms with E-state index in [1.54, 1.807) is 0 Å². The van der Waals surface area contributed by atoms with Crippen molar-refractivity contribution < 1.29 is 19.2 Å². The van der Waals surface area contributed by atoms with Gasteiger partial charge in [0.1, 0.15) is 5.82 Å². The van der Waals surface area contributed by atoms with E-state index < -0.39 is 18.8 Å². The first-order chi connectivity index (χ1) is 10.5. The second-order valence-electron chi connectivity index (χ2n) is 4.92. The topological polar surface area (TPSA) is 60.8 Å². The second-order valence-corrected chi connectivity index (χ2v) is 4.92. The van der Waals surface area contributed by atoms with E-state index in [0.29, 0.717) is 13.1 Å². The van der Waals surface area contributed by atoms with Gasteiger partial charge in [0.2, 0.25) is 0 Å². The fourth-order valence-electron chi connectivity index (χ4n) is 2.17. The number of halogens is 1. The fraction of sp³-hybridized carbons (Fsp3) is 0.188. The molecule has 22 heavy (non-hydrogen) atoms. The highest BCUT2D eigenvalue weighted by atomic mass is 19.1. The van der Waals surface area contributed by atoms with Crippen molar-refractivity contribution in [3.63, 3.8) is 0 Å². The Morgan fingerprint density at radius 1 is 1.18 bits per heavy atom. The largest absolute Gasteiger partial charge is 0.488 e. The van der Waals surface area contributed by atoms with E-state index >= 15 is 0 Å². The molecule has 0 aromatic heterocycles. The van der Waals surface area contributed by atoms with Crippen molar-refractivity contribution in [1.82, 2.24) is 4.90 Å². The SMILES string of the molecule is CCN(Cc1ccccc1)C(=O)c1cc(B(O)O)ccc1F. The van der Waals surface area contributed by atoms with Crippen LogP contribution in [-0.2, 0) is 6.54 Å². The maximum atomic E-state index is 13.9. The molecule has 0 radical (unpaired) electrons. The molecule has 0 aliphatic rings. The molecule has 6 heteroatoms. The monoisotopic (exact) mass is 301 g/mol.